The van der Waals surface area contributed by atoms with Crippen molar-refractivity contribution in [3.63, 3.8) is 0 Å². The molecular formula is C6H6O2S. The van der Waals surface area contributed by atoms with Crippen molar-refractivity contribution >= 4 is 17.7 Å². The first-order valence-electron chi connectivity index (χ1n) is 2.85. The standard InChI is InChI=1S/C6H6O2S/c7-6(8)4-3-1-2-9-5(3)4/h1-5H,(H,7,8)/t3-,4-,5-/m0/s1. The molecule has 0 aromatic carbocycles. The Labute approximate surface area is 56.9 Å². The Bertz CT molecular complexity index is 187. The summed E-state index contributed by atoms with van der Waals surface area (Å²) in [6.07, 6.45) is 1.99. The monoisotopic (exact) mass is 142 g/mol. The van der Waals surface area contributed by atoms with E-state index in [0.717, 1.165) is 0 Å². The summed E-state index contributed by atoms with van der Waals surface area (Å²) < 4.78 is 0. The molecule has 0 spiro atoms. The van der Waals surface area contributed by atoms with Crippen molar-refractivity contribution in [2.24, 2.45) is 11.8 Å². The molecule has 0 saturated heterocycles. The van der Waals surface area contributed by atoms with E-state index in [9.17, 15) is 4.79 Å². The highest BCUT2D eigenvalue weighted by Crippen LogP contribution is 2.54. The van der Waals surface area contributed by atoms with Crippen LogP contribution in [0.15, 0.2) is 11.5 Å². The van der Waals surface area contributed by atoms with Gasteiger partial charge in [0.15, 0.2) is 0 Å². The maximum atomic E-state index is 10.3. The van der Waals surface area contributed by atoms with E-state index in [4.69, 9.17) is 5.11 Å². The molecule has 0 amide bonds. The van der Waals surface area contributed by atoms with Crippen molar-refractivity contribution in [3.05, 3.63) is 11.5 Å². The summed E-state index contributed by atoms with van der Waals surface area (Å²) in [5.41, 5.74) is 0. The molecule has 1 heterocycles. The van der Waals surface area contributed by atoms with E-state index in [2.05, 4.69) is 0 Å². The summed E-state index contributed by atoms with van der Waals surface area (Å²) >= 11 is 1.65. The Morgan fingerprint density at radius 3 is 2.78 bits per heavy atom. The second-order valence-electron chi connectivity index (χ2n) is 2.37. The van der Waals surface area contributed by atoms with Crippen LogP contribution in [0.3, 0.4) is 0 Å². The fourth-order valence-electron chi connectivity index (χ4n) is 1.24. The summed E-state index contributed by atoms with van der Waals surface area (Å²) in [6, 6.07) is 0. The van der Waals surface area contributed by atoms with Crippen LogP contribution >= 0.6 is 11.8 Å². The number of allylic oxidation sites excluding steroid dienone is 1. The van der Waals surface area contributed by atoms with Gasteiger partial charge in [0, 0.05) is 11.2 Å². The maximum Gasteiger partial charge on any atom is 0.308 e. The fourth-order valence-corrected chi connectivity index (χ4v) is 2.51. The predicted octanol–water partition coefficient (Wildman–Crippen LogP) is 0.946. The van der Waals surface area contributed by atoms with Crippen LogP contribution in [0.5, 0.6) is 0 Å². The Morgan fingerprint density at radius 1 is 1.67 bits per heavy atom. The normalized spacial score (nSPS) is 44.7. The van der Waals surface area contributed by atoms with E-state index < -0.39 is 5.97 Å². The lowest BCUT2D eigenvalue weighted by Crippen LogP contribution is -2.01. The third-order valence-electron chi connectivity index (χ3n) is 1.83. The third-order valence-corrected chi connectivity index (χ3v) is 3.06. The lowest BCUT2D eigenvalue weighted by Gasteiger charge is -1.87. The molecule has 2 rings (SSSR count). The minimum Gasteiger partial charge on any atom is -0.481 e. The van der Waals surface area contributed by atoms with Crippen LogP contribution in [-0.2, 0) is 4.79 Å². The molecule has 0 unspecified atom stereocenters. The van der Waals surface area contributed by atoms with Gasteiger partial charge in [0.05, 0.1) is 5.92 Å². The summed E-state index contributed by atoms with van der Waals surface area (Å²) in [7, 11) is 0. The predicted molar refractivity (Wildman–Crippen MR) is 35.1 cm³/mol. The van der Waals surface area contributed by atoms with Crippen molar-refractivity contribution in [3.8, 4) is 0 Å². The van der Waals surface area contributed by atoms with Gasteiger partial charge in [0.25, 0.3) is 0 Å². The number of hydrogen-bond acceptors (Lipinski definition) is 2. The fraction of sp³-hybridized carbons (Fsp3) is 0.500. The number of fused-ring (bicyclic) bond motifs is 1. The van der Waals surface area contributed by atoms with Crippen molar-refractivity contribution in [1.29, 1.82) is 0 Å². The first kappa shape index (κ1) is 5.35. The number of aliphatic carboxylic acids is 1. The van der Waals surface area contributed by atoms with Gasteiger partial charge in [0.2, 0.25) is 0 Å². The van der Waals surface area contributed by atoms with Crippen LogP contribution in [0.1, 0.15) is 0 Å². The molecule has 1 fully saturated rings. The topological polar surface area (TPSA) is 37.3 Å². The molecule has 2 aliphatic rings. The smallest absolute Gasteiger partial charge is 0.308 e. The lowest BCUT2D eigenvalue weighted by atomic mass is 10.3. The molecule has 1 saturated carbocycles. The number of carboxylic acid groups (broad SMARTS) is 1. The number of carbonyl (C=O) groups is 1. The number of carboxylic acids is 1. The molecular weight excluding hydrogens is 136 g/mol. The van der Waals surface area contributed by atoms with Gasteiger partial charge in [-0.25, -0.2) is 0 Å². The quantitative estimate of drug-likeness (QED) is 0.592. The molecule has 0 bridgehead atoms. The van der Waals surface area contributed by atoms with E-state index in [1.54, 1.807) is 11.8 Å². The van der Waals surface area contributed by atoms with E-state index in [0.29, 0.717) is 11.2 Å². The van der Waals surface area contributed by atoms with Crippen molar-refractivity contribution in [2.45, 2.75) is 5.25 Å². The zero-order valence-electron chi connectivity index (χ0n) is 4.65. The van der Waals surface area contributed by atoms with Gasteiger partial charge >= 0.3 is 5.97 Å². The molecule has 1 N–H and O–H groups in total. The first-order chi connectivity index (χ1) is 4.30. The molecule has 1 aliphatic carbocycles. The Morgan fingerprint density at radius 2 is 2.44 bits per heavy atom. The van der Waals surface area contributed by atoms with Crippen LogP contribution in [-0.4, -0.2) is 16.3 Å². The number of hydrogen-bond donors (Lipinski definition) is 1. The SMILES string of the molecule is O=C(O)[C@H]1[C@@H]2C=CS[C@@H]21. The zero-order valence-corrected chi connectivity index (χ0v) is 5.47. The molecule has 1 aliphatic heterocycles. The van der Waals surface area contributed by atoms with E-state index in [-0.39, 0.29) is 5.92 Å². The average Bonchev–Trinajstić information content (AvgIpc) is 2.30. The highest BCUT2D eigenvalue weighted by atomic mass is 32.2. The Hall–Kier alpha value is -0.440. The van der Waals surface area contributed by atoms with Gasteiger partial charge < -0.3 is 5.11 Å². The van der Waals surface area contributed by atoms with E-state index in [1.165, 1.54) is 0 Å². The van der Waals surface area contributed by atoms with Gasteiger partial charge in [0.1, 0.15) is 0 Å². The molecule has 48 valence electrons. The van der Waals surface area contributed by atoms with Crippen molar-refractivity contribution < 1.29 is 9.90 Å². The average molecular weight is 142 g/mol. The van der Waals surface area contributed by atoms with Crippen LogP contribution in [0, 0.1) is 11.8 Å². The van der Waals surface area contributed by atoms with Crippen LogP contribution < -0.4 is 0 Å². The molecule has 9 heavy (non-hydrogen) atoms. The highest BCUT2D eigenvalue weighted by Gasteiger charge is 2.55. The van der Waals surface area contributed by atoms with Gasteiger partial charge in [-0.1, -0.05) is 6.08 Å². The largest absolute Gasteiger partial charge is 0.481 e. The molecule has 2 nitrogen and oxygen atoms in total. The maximum absolute atomic E-state index is 10.3. The van der Waals surface area contributed by atoms with Crippen LogP contribution in [0.4, 0.5) is 0 Å². The van der Waals surface area contributed by atoms with Gasteiger partial charge in [-0.15, -0.1) is 11.8 Å². The second-order valence-corrected chi connectivity index (χ2v) is 3.46. The van der Waals surface area contributed by atoms with Gasteiger partial charge in [-0.05, 0) is 5.41 Å². The van der Waals surface area contributed by atoms with Crippen molar-refractivity contribution in [2.75, 3.05) is 0 Å². The minimum atomic E-state index is -0.637. The Balaban J connectivity index is 2.10. The molecule has 0 aromatic heterocycles. The summed E-state index contributed by atoms with van der Waals surface area (Å²) in [5.74, 6) is -0.352. The molecule has 0 aromatic rings. The molecule has 3 atom stereocenters. The summed E-state index contributed by atoms with van der Waals surface area (Å²) in [4.78, 5) is 10.3. The van der Waals surface area contributed by atoms with E-state index >= 15 is 0 Å². The van der Waals surface area contributed by atoms with Gasteiger partial charge in [-0.3, -0.25) is 4.79 Å². The number of thioether (sulfide) groups is 1. The summed E-state index contributed by atoms with van der Waals surface area (Å²) in [5, 5.41) is 10.9. The minimum absolute atomic E-state index is 0.0694. The van der Waals surface area contributed by atoms with Crippen molar-refractivity contribution in [1.82, 2.24) is 0 Å². The zero-order chi connectivity index (χ0) is 6.43. The van der Waals surface area contributed by atoms with E-state index in [1.807, 2.05) is 11.5 Å². The number of rotatable bonds is 1. The summed E-state index contributed by atoms with van der Waals surface area (Å²) in [6.45, 7) is 0. The van der Waals surface area contributed by atoms with Crippen LogP contribution in [0.25, 0.3) is 0 Å². The highest BCUT2D eigenvalue weighted by molar-refractivity contribution is 8.03. The van der Waals surface area contributed by atoms with Gasteiger partial charge in [-0.2, -0.15) is 0 Å². The lowest BCUT2D eigenvalue weighted by molar-refractivity contribution is -0.138. The Kier molecular flexibility index (Phi) is 0.913. The molecule has 3 heteroatoms. The second kappa shape index (κ2) is 1.53. The molecule has 0 radical (unpaired) electrons. The van der Waals surface area contributed by atoms with Crippen LogP contribution in [0.2, 0.25) is 0 Å². The first-order valence-corrected chi connectivity index (χ1v) is 3.80. The third kappa shape index (κ3) is 0.611.